The van der Waals surface area contributed by atoms with Gasteiger partial charge in [-0.1, -0.05) is 6.07 Å². The molecular formula is C16H20N4O4S2. The van der Waals surface area contributed by atoms with E-state index in [1.165, 1.54) is 17.0 Å². The molecule has 8 nitrogen and oxygen atoms in total. The highest BCUT2D eigenvalue weighted by Crippen LogP contribution is 2.29. The standard InChI is InChI=1S/C16H20N4O4S2/c17-26(23,24)16-12-13(20(21)22)3-4-15(16)19-9-7-18(8-10-19)6-5-14-2-1-11-25-14/h1-4,11-12H,5-10H2,(H2,17,23,24). The van der Waals surface area contributed by atoms with Gasteiger partial charge in [0.15, 0.2) is 0 Å². The van der Waals surface area contributed by atoms with Crippen LogP contribution >= 0.6 is 11.3 Å². The van der Waals surface area contributed by atoms with Crippen molar-refractivity contribution in [1.29, 1.82) is 0 Å². The van der Waals surface area contributed by atoms with Gasteiger partial charge < -0.3 is 4.90 Å². The molecular weight excluding hydrogens is 376 g/mol. The summed E-state index contributed by atoms with van der Waals surface area (Å²) in [7, 11) is -4.05. The highest BCUT2D eigenvalue weighted by molar-refractivity contribution is 7.89. The zero-order valence-corrected chi connectivity index (χ0v) is 15.7. The Kier molecular flexibility index (Phi) is 5.56. The van der Waals surface area contributed by atoms with Crippen molar-refractivity contribution < 1.29 is 13.3 Å². The molecule has 0 spiro atoms. The first-order valence-electron chi connectivity index (χ1n) is 8.15. The molecule has 0 aliphatic carbocycles. The molecule has 140 valence electrons. The number of nitro benzene ring substituents is 1. The fourth-order valence-electron chi connectivity index (χ4n) is 3.04. The number of benzene rings is 1. The molecule has 1 aromatic carbocycles. The molecule has 2 heterocycles. The van der Waals surface area contributed by atoms with Crippen LogP contribution in [0.1, 0.15) is 4.88 Å². The molecule has 1 saturated heterocycles. The molecule has 1 aliphatic heterocycles. The Bertz CT molecular complexity index is 876. The van der Waals surface area contributed by atoms with Gasteiger partial charge in [0.2, 0.25) is 10.0 Å². The summed E-state index contributed by atoms with van der Waals surface area (Å²) >= 11 is 1.74. The van der Waals surface area contributed by atoms with Gasteiger partial charge in [-0.25, -0.2) is 13.6 Å². The van der Waals surface area contributed by atoms with Crippen LogP contribution in [-0.2, 0) is 16.4 Å². The van der Waals surface area contributed by atoms with E-state index in [4.69, 9.17) is 5.14 Å². The number of nitrogens with zero attached hydrogens (tertiary/aromatic N) is 3. The summed E-state index contributed by atoms with van der Waals surface area (Å²) in [6, 6.07) is 7.98. The summed E-state index contributed by atoms with van der Waals surface area (Å²) in [6.07, 6.45) is 0.998. The second-order valence-electron chi connectivity index (χ2n) is 6.11. The van der Waals surface area contributed by atoms with Gasteiger partial charge in [-0.05, 0) is 23.9 Å². The Labute approximate surface area is 156 Å². The fourth-order valence-corrected chi connectivity index (χ4v) is 4.51. The van der Waals surface area contributed by atoms with Crippen LogP contribution in [-0.4, -0.2) is 51.0 Å². The minimum absolute atomic E-state index is 0.196. The van der Waals surface area contributed by atoms with Gasteiger partial charge in [-0.3, -0.25) is 15.0 Å². The minimum Gasteiger partial charge on any atom is -0.368 e. The van der Waals surface area contributed by atoms with Crippen LogP contribution < -0.4 is 10.0 Å². The Morgan fingerprint density at radius 2 is 1.92 bits per heavy atom. The van der Waals surface area contributed by atoms with Gasteiger partial charge >= 0.3 is 0 Å². The number of anilines is 1. The van der Waals surface area contributed by atoms with Gasteiger partial charge in [-0.2, -0.15) is 0 Å². The summed E-state index contributed by atoms with van der Waals surface area (Å²) in [5.41, 5.74) is 0.142. The van der Waals surface area contributed by atoms with Crippen molar-refractivity contribution >= 4 is 32.7 Å². The van der Waals surface area contributed by atoms with Gasteiger partial charge in [0, 0.05) is 49.7 Å². The smallest absolute Gasteiger partial charge is 0.270 e. The lowest BCUT2D eigenvalue weighted by atomic mass is 10.2. The van der Waals surface area contributed by atoms with Crippen molar-refractivity contribution in [3.8, 4) is 0 Å². The molecule has 10 heteroatoms. The van der Waals surface area contributed by atoms with Crippen LogP contribution in [0.25, 0.3) is 0 Å². The molecule has 26 heavy (non-hydrogen) atoms. The number of primary sulfonamides is 1. The number of piperazine rings is 1. The van der Waals surface area contributed by atoms with Crippen LogP contribution in [0.3, 0.4) is 0 Å². The lowest BCUT2D eigenvalue weighted by molar-refractivity contribution is -0.385. The summed E-state index contributed by atoms with van der Waals surface area (Å²) in [5.74, 6) is 0. The van der Waals surface area contributed by atoms with Gasteiger partial charge in [0.1, 0.15) is 4.90 Å². The third kappa shape index (κ3) is 4.39. The zero-order valence-electron chi connectivity index (χ0n) is 14.1. The number of rotatable bonds is 6. The average Bonchev–Trinajstić information content (AvgIpc) is 3.12. The SMILES string of the molecule is NS(=O)(=O)c1cc([N+](=O)[O-])ccc1N1CCN(CCc2cccs2)CC1. The second kappa shape index (κ2) is 7.70. The van der Waals surface area contributed by atoms with E-state index in [-0.39, 0.29) is 10.6 Å². The summed E-state index contributed by atoms with van der Waals surface area (Å²) in [6.45, 7) is 3.84. The fraction of sp³-hybridized carbons (Fsp3) is 0.375. The van der Waals surface area contributed by atoms with E-state index in [0.29, 0.717) is 18.8 Å². The normalized spacial score (nSPS) is 16.0. The van der Waals surface area contributed by atoms with Crippen LogP contribution in [0.15, 0.2) is 40.6 Å². The van der Waals surface area contributed by atoms with Crippen molar-refractivity contribution in [3.05, 3.63) is 50.7 Å². The third-order valence-corrected chi connectivity index (χ3v) is 6.30. The molecule has 2 N–H and O–H groups in total. The first-order valence-corrected chi connectivity index (χ1v) is 10.6. The van der Waals surface area contributed by atoms with E-state index in [9.17, 15) is 18.5 Å². The monoisotopic (exact) mass is 396 g/mol. The molecule has 2 aromatic rings. The molecule has 3 rings (SSSR count). The predicted octanol–water partition coefficient (Wildman–Crippen LogP) is 1.67. The van der Waals surface area contributed by atoms with Gasteiger partial charge in [0.05, 0.1) is 10.6 Å². The van der Waals surface area contributed by atoms with E-state index in [0.717, 1.165) is 32.1 Å². The maximum atomic E-state index is 11.9. The van der Waals surface area contributed by atoms with E-state index in [1.54, 1.807) is 11.3 Å². The van der Waals surface area contributed by atoms with Crippen molar-refractivity contribution in [2.45, 2.75) is 11.3 Å². The van der Waals surface area contributed by atoms with Gasteiger partial charge in [-0.15, -0.1) is 11.3 Å². The predicted molar refractivity (Wildman–Crippen MR) is 101 cm³/mol. The zero-order chi connectivity index (χ0) is 18.7. The molecule has 0 bridgehead atoms. The van der Waals surface area contributed by atoms with E-state index in [2.05, 4.69) is 16.3 Å². The number of hydrogen-bond acceptors (Lipinski definition) is 7. The number of thiophene rings is 1. The average molecular weight is 396 g/mol. The highest BCUT2D eigenvalue weighted by Gasteiger charge is 2.25. The van der Waals surface area contributed by atoms with E-state index >= 15 is 0 Å². The quantitative estimate of drug-likeness (QED) is 0.587. The Morgan fingerprint density at radius 3 is 2.50 bits per heavy atom. The van der Waals surface area contributed by atoms with Crippen molar-refractivity contribution in [2.24, 2.45) is 5.14 Å². The van der Waals surface area contributed by atoms with Gasteiger partial charge in [0.25, 0.3) is 5.69 Å². The van der Waals surface area contributed by atoms with E-state index in [1.807, 2.05) is 11.0 Å². The largest absolute Gasteiger partial charge is 0.368 e. The number of nitrogens with two attached hydrogens (primary N) is 1. The molecule has 0 saturated carbocycles. The second-order valence-corrected chi connectivity index (χ2v) is 8.67. The molecule has 0 radical (unpaired) electrons. The maximum absolute atomic E-state index is 11.9. The van der Waals surface area contributed by atoms with Crippen molar-refractivity contribution in [1.82, 2.24) is 4.90 Å². The van der Waals surface area contributed by atoms with E-state index < -0.39 is 14.9 Å². The molecule has 0 atom stereocenters. The van der Waals surface area contributed by atoms with Crippen LogP contribution in [0.4, 0.5) is 11.4 Å². The lowest BCUT2D eigenvalue weighted by Gasteiger charge is -2.36. The van der Waals surface area contributed by atoms with Crippen molar-refractivity contribution in [3.63, 3.8) is 0 Å². The number of hydrogen-bond donors (Lipinski definition) is 1. The minimum atomic E-state index is -4.05. The molecule has 0 amide bonds. The number of sulfonamides is 1. The maximum Gasteiger partial charge on any atom is 0.270 e. The molecule has 0 unspecified atom stereocenters. The van der Waals surface area contributed by atoms with Crippen molar-refractivity contribution in [2.75, 3.05) is 37.6 Å². The molecule has 1 aliphatic rings. The first kappa shape index (κ1) is 18.8. The Hall–Kier alpha value is -2.01. The molecule has 1 aromatic heterocycles. The topological polar surface area (TPSA) is 110 Å². The summed E-state index contributed by atoms with van der Waals surface area (Å²) in [4.78, 5) is 15.7. The third-order valence-electron chi connectivity index (χ3n) is 4.43. The lowest BCUT2D eigenvalue weighted by Crippen LogP contribution is -2.47. The summed E-state index contributed by atoms with van der Waals surface area (Å²) in [5, 5.41) is 18.3. The Morgan fingerprint density at radius 1 is 1.19 bits per heavy atom. The first-order chi connectivity index (χ1) is 12.3. The number of non-ortho nitro benzene ring substituents is 1. The van der Waals surface area contributed by atoms with Crippen LogP contribution in [0.5, 0.6) is 0 Å². The highest BCUT2D eigenvalue weighted by atomic mass is 32.2. The number of nitro groups is 1. The Balaban J connectivity index is 1.69. The van der Waals surface area contributed by atoms with Crippen LogP contribution in [0, 0.1) is 10.1 Å². The summed E-state index contributed by atoms with van der Waals surface area (Å²) < 4.78 is 23.8. The van der Waals surface area contributed by atoms with Crippen LogP contribution in [0.2, 0.25) is 0 Å². The molecule has 1 fully saturated rings.